The zero-order valence-electron chi connectivity index (χ0n) is 12.1. The molecule has 0 radical (unpaired) electrons. The molecule has 0 amide bonds. The lowest BCUT2D eigenvalue weighted by Crippen LogP contribution is -2.56. The van der Waals surface area contributed by atoms with Crippen LogP contribution in [0.5, 0.6) is 0 Å². The quantitative estimate of drug-likeness (QED) is 0.864. The first-order valence-corrected chi connectivity index (χ1v) is 7.00. The second-order valence-electron chi connectivity index (χ2n) is 6.13. The number of rotatable bonds is 2. The van der Waals surface area contributed by atoms with Crippen LogP contribution in [0, 0.1) is 0 Å². The zero-order valence-corrected chi connectivity index (χ0v) is 12.1. The van der Waals surface area contributed by atoms with Gasteiger partial charge >= 0.3 is 0 Å². The van der Waals surface area contributed by atoms with Crippen molar-refractivity contribution in [2.24, 2.45) is 0 Å². The molecule has 2 heterocycles. The van der Waals surface area contributed by atoms with Crippen molar-refractivity contribution in [1.29, 1.82) is 0 Å². The first kappa shape index (κ1) is 13.3. The van der Waals surface area contributed by atoms with Gasteiger partial charge in [0.15, 0.2) is 0 Å². The van der Waals surface area contributed by atoms with Crippen LogP contribution in [0.3, 0.4) is 0 Å². The van der Waals surface area contributed by atoms with Crippen molar-refractivity contribution in [2.45, 2.75) is 25.9 Å². The van der Waals surface area contributed by atoms with Gasteiger partial charge in [0.1, 0.15) is 12.1 Å². The van der Waals surface area contributed by atoms with Gasteiger partial charge in [0, 0.05) is 37.1 Å². The Labute approximate surface area is 119 Å². The molecule has 1 aliphatic heterocycles. The number of aromatic nitrogens is 2. The van der Waals surface area contributed by atoms with E-state index in [9.17, 15) is 0 Å². The maximum Gasteiger partial charge on any atom is 0.134 e. The monoisotopic (exact) mass is 271 g/mol. The topological polar surface area (TPSA) is 67.1 Å². The Balaban J connectivity index is 1.81. The summed E-state index contributed by atoms with van der Waals surface area (Å²) in [4.78, 5) is 10.8. The first-order chi connectivity index (χ1) is 9.53. The van der Waals surface area contributed by atoms with Crippen molar-refractivity contribution in [2.75, 3.05) is 25.4 Å². The highest BCUT2D eigenvalue weighted by Gasteiger charge is 2.25. The van der Waals surface area contributed by atoms with E-state index in [0.717, 1.165) is 37.1 Å². The van der Waals surface area contributed by atoms with E-state index in [0.29, 0.717) is 5.82 Å². The highest BCUT2D eigenvalue weighted by Crippen LogP contribution is 2.20. The molecule has 0 aliphatic carbocycles. The van der Waals surface area contributed by atoms with E-state index in [1.54, 1.807) is 0 Å². The summed E-state index contributed by atoms with van der Waals surface area (Å²) in [6.07, 6.45) is 1.52. The Morgan fingerprint density at radius 3 is 3.00 bits per heavy atom. The molecule has 1 aliphatic rings. The molecule has 0 spiro atoms. The minimum absolute atomic E-state index is 0.182. The number of nitrogens with one attached hydrogen (secondary N) is 1. The van der Waals surface area contributed by atoms with Gasteiger partial charge in [0.25, 0.3) is 0 Å². The minimum atomic E-state index is 0.182. The number of nitrogens with zero attached hydrogens (tertiary/aromatic N) is 3. The fourth-order valence-corrected chi connectivity index (χ4v) is 2.86. The Morgan fingerprint density at radius 2 is 2.20 bits per heavy atom. The van der Waals surface area contributed by atoms with E-state index in [1.165, 1.54) is 11.9 Å². The molecule has 1 saturated heterocycles. The molecule has 20 heavy (non-hydrogen) atoms. The molecule has 5 heteroatoms. The number of nitrogens with two attached hydrogens (primary N) is 1. The van der Waals surface area contributed by atoms with Gasteiger partial charge in [0.05, 0.1) is 5.52 Å². The molecule has 106 valence electrons. The zero-order chi connectivity index (χ0) is 14.2. The standard InChI is InChI=1S/C15H21N5/c1-15(2)9-20(6-5-19-15)8-11-3-4-12-13(7-11)17-10-18-14(12)16/h3-4,7,10,19H,5-6,8-9H2,1-2H3,(H2,16,17,18). The largest absolute Gasteiger partial charge is 0.383 e. The Bertz CT molecular complexity index is 623. The van der Waals surface area contributed by atoms with Gasteiger partial charge in [-0.1, -0.05) is 6.07 Å². The van der Waals surface area contributed by atoms with Gasteiger partial charge in [-0.3, -0.25) is 4.90 Å². The van der Waals surface area contributed by atoms with Crippen molar-refractivity contribution in [3.8, 4) is 0 Å². The van der Waals surface area contributed by atoms with Crippen LogP contribution >= 0.6 is 0 Å². The summed E-state index contributed by atoms with van der Waals surface area (Å²) in [5.74, 6) is 0.546. The third-order valence-corrected chi connectivity index (χ3v) is 3.79. The van der Waals surface area contributed by atoms with Crippen LogP contribution in [0.25, 0.3) is 10.9 Å². The molecule has 3 rings (SSSR count). The number of anilines is 1. The second-order valence-corrected chi connectivity index (χ2v) is 6.13. The third kappa shape index (κ3) is 2.73. The smallest absolute Gasteiger partial charge is 0.134 e. The van der Waals surface area contributed by atoms with Crippen molar-refractivity contribution >= 4 is 16.7 Å². The molecule has 0 bridgehead atoms. The van der Waals surface area contributed by atoms with E-state index in [-0.39, 0.29) is 5.54 Å². The fraction of sp³-hybridized carbons (Fsp3) is 0.467. The van der Waals surface area contributed by atoms with E-state index in [4.69, 9.17) is 5.73 Å². The highest BCUT2D eigenvalue weighted by molar-refractivity contribution is 5.87. The highest BCUT2D eigenvalue weighted by atomic mass is 15.2. The van der Waals surface area contributed by atoms with Crippen LogP contribution in [0.15, 0.2) is 24.5 Å². The molecule has 1 aromatic heterocycles. The number of hydrogen-bond acceptors (Lipinski definition) is 5. The summed E-state index contributed by atoms with van der Waals surface area (Å²) in [5.41, 5.74) is 8.23. The normalized spacial score (nSPS) is 19.3. The third-order valence-electron chi connectivity index (χ3n) is 3.79. The first-order valence-electron chi connectivity index (χ1n) is 7.00. The lowest BCUT2D eigenvalue weighted by atomic mass is 10.0. The van der Waals surface area contributed by atoms with Gasteiger partial charge in [-0.2, -0.15) is 0 Å². The van der Waals surface area contributed by atoms with Gasteiger partial charge < -0.3 is 11.1 Å². The molecule has 2 aromatic rings. The van der Waals surface area contributed by atoms with E-state index >= 15 is 0 Å². The maximum absolute atomic E-state index is 5.86. The molecule has 5 nitrogen and oxygen atoms in total. The summed E-state index contributed by atoms with van der Waals surface area (Å²) in [6.45, 7) is 8.60. The predicted octanol–water partition coefficient (Wildman–Crippen LogP) is 1.40. The molecule has 0 saturated carbocycles. The molecular formula is C15H21N5. The molecule has 3 N–H and O–H groups in total. The number of hydrogen-bond donors (Lipinski definition) is 2. The van der Waals surface area contributed by atoms with Crippen LogP contribution < -0.4 is 11.1 Å². The lowest BCUT2D eigenvalue weighted by Gasteiger charge is -2.39. The minimum Gasteiger partial charge on any atom is -0.383 e. The van der Waals surface area contributed by atoms with Crippen LogP contribution in [0.2, 0.25) is 0 Å². The van der Waals surface area contributed by atoms with Crippen LogP contribution in [-0.4, -0.2) is 40.0 Å². The van der Waals surface area contributed by atoms with Gasteiger partial charge in [-0.15, -0.1) is 0 Å². The molecule has 1 aromatic carbocycles. The van der Waals surface area contributed by atoms with Crippen LogP contribution in [0.4, 0.5) is 5.82 Å². The number of fused-ring (bicyclic) bond motifs is 1. The maximum atomic E-state index is 5.86. The lowest BCUT2D eigenvalue weighted by molar-refractivity contribution is 0.148. The average molecular weight is 271 g/mol. The van der Waals surface area contributed by atoms with Gasteiger partial charge in [0.2, 0.25) is 0 Å². The average Bonchev–Trinajstić information content (AvgIpc) is 2.37. The summed E-state index contributed by atoms with van der Waals surface area (Å²) >= 11 is 0. The molecule has 0 unspecified atom stereocenters. The van der Waals surface area contributed by atoms with Crippen molar-refractivity contribution < 1.29 is 0 Å². The summed E-state index contributed by atoms with van der Waals surface area (Å²) in [6, 6.07) is 6.26. The summed E-state index contributed by atoms with van der Waals surface area (Å²) in [7, 11) is 0. The number of benzene rings is 1. The van der Waals surface area contributed by atoms with E-state index in [1.807, 2.05) is 6.07 Å². The SMILES string of the molecule is CC1(C)CN(Cc2ccc3c(N)ncnc3c2)CCN1. The Hall–Kier alpha value is -1.72. The predicted molar refractivity (Wildman–Crippen MR) is 81.3 cm³/mol. The number of nitrogen functional groups attached to an aromatic ring is 1. The van der Waals surface area contributed by atoms with Crippen molar-refractivity contribution in [1.82, 2.24) is 20.2 Å². The van der Waals surface area contributed by atoms with Gasteiger partial charge in [-0.25, -0.2) is 9.97 Å². The van der Waals surface area contributed by atoms with Crippen molar-refractivity contribution in [3.63, 3.8) is 0 Å². The molecule has 0 atom stereocenters. The van der Waals surface area contributed by atoms with Crippen molar-refractivity contribution in [3.05, 3.63) is 30.1 Å². The molecular weight excluding hydrogens is 250 g/mol. The number of piperazine rings is 1. The van der Waals surface area contributed by atoms with Crippen LogP contribution in [-0.2, 0) is 6.54 Å². The molecule has 1 fully saturated rings. The van der Waals surface area contributed by atoms with E-state index < -0.39 is 0 Å². The van der Waals surface area contributed by atoms with Gasteiger partial charge in [-0.05, 0) is 31.5 Å². The Morgan fingerprint density at radius 1 is 1.35 bits per heavy atom. The second kappa shape index (κ2) is 5.00. The summed E-state index contributed by atoms with van der Waals surface area (Å²) < 4.78 is 0. The fourth-order valence-electron chi connectivity index (χ4n) is 2.86. The Kier molecular flexibility index (Phi) is 3.31. The van der Waals surface area contributed by atoms with E-state index in [2.05, 4.69) is 46.2 Å². The van der Waals surface area contributed by atoms with Crippen LogP contribution in [0.1, 0.15) is 19.4 Å². The summed E-state index contributed by atoms with van der Waals surface area (Å²) in [5, 5.41) is 4.46.